The van der Waals surface area contributed by atoms with Crippen molar-refractivity contribution < 1.29 is 19.2 Å². The Morgan fingerprint density at radius 1 is 1.26 bits per heavy atom. The average Bonchev–Trinajstić information content (AvgIpc) is 3.17. The van der Waals surface area contributed by atoms with Crippen LogP contribution in [0.1, 0.15) is 28.5 Å². The van der Waals surface area contributed by atoms with Crippen LogP contribution in [0, 0.1) is 17.0 Å². The number of aryl methyl sites for hydroxylation is 1. The summed E-state index contributed by atoms with van der Waals surface area (Å²) in [5.41, 5.74) is 1.51. The maximum absolute atomic E-state index is 12.4. The maximum Gasteiger partial charge on any atom is 0.339 e. The molecule has 0 fully saturated rings. The largest absolute Gasteiger partial charge is 0.449 e. The van der Waals surface area contributed by atoms with Gasteiger partial charge in [-0.2, -0.15) is 0 Å². The Balaban J connectivity index is 1.65. The normalized spacial score (nSPS) is 11.5. The van der Waals surface area contributed by atoms with E-state index in [0.717, 1.165) is 29.1 Å². The van der Waals surface area contributed by atoms with E-state index < -0.39 is 22.9 Å². The number of amides is 1. The molecule has 10 heteroatoms. The maximum atomic E-state index is 12.4. The minimum Gasteiger partial charge on any atom is -0.449 e. The topological polar surface area (TPSA) is 111 Å². The molecule has 1 amide bonds. The van der Waals surface area contributed by atoms with Crippen LogP contribution < -0.4 is 5.32 Å². The molecule has 0 radical (unpaired) electrons. The van der Waals surface area contributed by atoms with Gasteiger partial charge in [0.05, 0.1) is 15.4 Å². The number of carbonyl (C=O) groups excluding carboxylic acids is 2. The highest BCUT2D eigenvalue weighted by Gasteiger charge is 2.23. The summed E-state index contributed by atoms with van der Waals surface area (Å²) in [4.78, 5) is 40.2. The van der Waals surface area contributed by atoms with Gasteiger partial charge in [0.15, 0.2) is 10.4 Å². The number of hydrogen-bond acceptors (Lipinski definition) is 8. The van der Waals surface area contributed by atoms with Gasteiger partial charge < -0.3 is 10.1 Å². The van der Waals surface area contributed by atoms with Crippen molar-refractivity contribution in [2.24, 2.45) is 0 Å². The molecule has 0 bridgehead atoms. The van der Waals surface area contributed by atoms with E-state index >= 15 is 0 Å². The van der Waals surface area contributed by atoms with Gasteiger partial charge >= 0.3 is 5.97 Å². The van der Waals surface area contributed by atoms with Crippen molar-refractivity contribution >= 4 is 40.7 Å². The summed E-state index contributed by atoms with van der Waals surface area (Å²) in [7, 11) is 0. The summed E-state index contributed by atoms with van der Waals surface area (Å²) in [6.07, 6.45) is -1.05. The van der Waals surface area contributed by atoms with Gasteiger partial charge in [0.25, 0.3) is 11.6 Å². The van der Waals surface area contributed by atoms with Crippen molar-refractivity contribution in [1.29, 1.82) is 0 Å². The summed E-state index contributed by atoms with van der Waals surface area (Å²) in [5, 5.41) is 16.0. The second kappa shape index (κ2) is 10.2. The van der Waals surface area contributed by atoms with Gasteiger partial charge in [0, 0.05) is 23.7 Å². The fraction of sp³-hybridized carbons (Fsp3) is 0.190. The van der Waals surface area contributed by atoms with Gasteiger partial charge in [-0.1, -0.05) is 42.1 Å². The lowest BCUT2D eigenvalue weighted by Gasteiger charge is -2.14. The summed E-state index contributed by atoms with van der Waals surface area (Å²) >= 11 is 2.54. The van der Waals surface area contributed by atoms with Gasteiger partial charge in [-0.15, -0.1) is 11.3 Å². The smallest absolute Gasteiger partial charge is 0.339 e. The quantitative estimate of drug-likeness (QED) is 0.304. The number of carbonyl (C=O) groups is 2. The molecule has 160 valence electrons. The Morgan fingerprint density at radius 3 is 2.65 bits per heavy atom. The minimum absolute atomic E-state index is 0.00548. The van der Waals surface area contributed by atoms with Crippen molar-refractivity contribution in [3.8, 4) is 0 Å². The molecule has 2 aromatic carbocycles. The molecular formula is C21H19N3O5S2. The third kappa shape index (κ3) is 6.12. The Hall–Kier alpha value is -3.24. The van der Waals surface area contributed by atoms with Crippen molar-refractivity contribution in [2.75, 3.05) is 0 Å². The fourth-order valence-electron chi connectivity index (χ4n) is 2.56. The third-order valence-electron chi connectivity index (χ3n) is 4.15. The van der Waals surface area contributed by atoms with Crippen LogP contribution in [0.25, 0.3) is 0 Å². The number of hydrogen-bond donors (Lipinski definition) is 1. The van der Waals surface area contributed by atoms with Crippen LogP contribution in [0.5, 0.6) is 0 Å². The molecule has 0 saturated heterocycles. The van der Waals surface area contributed by atoms with Crippen LogP contribution in [0.15, 0.2) is 63.1 Å². The van der Waals surface area contributed by atoms with Crippen LogP contribution >= 0.6 is 23.1 Å². The Bertz CT molecular complexity index is 1100. The number of aromatic nitrogens is 1. The molecule has 0 spiro atoms. The lowest BCUT2D eigenvalue weighted by Crippen LogP contribution is -2.35. The molecule has 3 rings (SSSR count). The molecule has 0 aliphatic rings. The number of nitro benzene ring substituents is 1. The first kappa shape index (κ1) is 22.4. The lowest BCUT2D eigenvalue weighted by molar-refractivity contribution is -0.387. The molecular weight excluding hydrogens is 438 g/mol. The highest BCUT2D eigenvalue weighted by Crippen LogP contribution is 2.36. The molecule has 0 unspecified atom stereocenters. The standard InChI is InChI=1S/C21H19N3O5S2/c1-13-12-30-21(23-13)31-18-9-8-16(10-17(18)24(27)28)20(26)29-14(2)19(25)22-11-15-6-4-3-5-7-15/h3-10,12,14H,11H2,1-2H3,(H,22,25)/t14-/m1/s1. The van der Waals surface area contributed by atoms with Gasteiger partial charge in [-0.05, 0) is 31.5 Å². The summed E-state index contributed by atoms with van der Waals surface area (Å²) < 4.78 is 5.86. The molecule has 8 nitrogen and oxygen atoms in total. The first-order chi connectivity index (χ1) is 14.8. The monoisotopic (exact) mass is 457 g/mol. The van der Waals surface area contributed by atoms with E-state index in [-0.39, 0.29) is 11.3 Å². The van der Waals surface area contributed by atoms with Crippen LogP contribution in [-0.4, -0.2) is 27.9 Å². The van der Waals surface area contributed by atoms with Crippen molar-refractivity contribution in [2.45, 2.75) is 35.7 Å². The number of nitro groups is 1. The number of ether oxygens (including phenoxy) is 1. The zero-order chi connectivity index (χ0) is 22.4. The van der Waals surface area contributed by atoms with E-state index in [2.05, 4.69) is 10.3 Å². The number of esters is 1. The summed E-state index contributed by atoms with van der Waals surface area (Å²) in [6.45, 7) is 3.59. The first-order valence-electron chi connectivity index (χ1n) is 9.24. The molecule has 1 heterocycles. The van der Waals surface area contributed by atoms with E-state index in [1.54, 1.807) is 0 Å². The number of nitrogens with zero attached hydrogens (tertiary/aromatic N) is 2. The molecule has 0 aliphatic heterocycles. The second-order valence-corrected chi connectivity index (χ2v) is 8.69. The second-order valence-electron chi connectivity index (χ2n) is 6.55. The molecule has 1 aromatic heterocycles. The molecule has 0 saturated carbocycles. The van der Waals surface area contributed by atoms with Crippen molar-refractivity contribution in [3.63, 3.8) is 0 Å². The van der Waals surface area contributed by atoms with Gasteiger partial charge in [0.1, 0.15) is 0 Å². The zero-order valence-electron chi connectivity index (χ0n) is 16.7. The first-order valence-corrected chi connectivity index (χ1v) is 10.9. The SMILES string of the molecule is Cc1csc(Sc2ccc(C(=O)O[C@H](C)C(=O)NCc3ccccc3)cc2[N+](=O)[O-])n1. The third-order valence-corrected chi connectivity index (χ3v) is 6.27. The van der Waals surface area contributed by atoms with E-state index in [9.17, 15) is 19.7 Å². The van der Waals surface area contributed by atoms with Crippen LogP contribution in [0.2, 0.25) is 0 Å². The predicted molar refractivity (Wildman–Crippen MR) is 117 cm³/mol. The van der Waals surface area contributed by atoms with E-state index in [4.69, 9.17) is 4.74 Å². The van der Waals surface area contributed by atoms with Crippen LogP contribution in [0.3, 0.4) is 0 Å². The van der Waals surface area contributed by atoms with Gasteiger partial charge in [-0.25, -0.2) is 9.78 Å². The summed E-state index contributed by atoms with van der Waals surface area (Å²) in [5.74, 6) is -1.27. The van der Waals surface area contributed by atoms with Gasteiger partial charge in [0.2, 0.25) is 0 Å². The Kier molecular flexibility index (Phi) is 7.37. The lowest BCUT2D eigenvalue weighted by atomic mass is 10.2. The number of thiazole rings is 1. The minimum atomic E-state index is -1.05. The average molecular weight is 458 g/mol. The van der Waals surface area contributed by atoms with Crippen molar-refractivity contribution in [3.05, 3.63) is 80.8 Å². The Morgan fingerprint density at radius 2 is 2.00 bits per heavy atom. The molecule has 1 atom stereocenters. The number of rotatable bonds is 8. The molecule has 0 aliphatic carbocycles. The molecule has 3 aromatic rings. The number of benzene rings is 2. The molecule has 31 heavy (non-hydrogen) atoms. The van der Waals surface area contributed by atoms with Crippen LogP contribution in [-0.2, 0) is 16.1 Å². The van der Waals surface area contributed by atoms with Crippen molar-refractivity contribution in [1.82, 2.24) is 10.3 Å². The highest BCUT2D eigenvalue weighted by atomic mass is 32.2. The fourth-order valence-corrected chi connectivity index (χ4v) is 4.44. The zero-order valence-corrected chi connectivity index (χ0v) is 18.4. The van der Waals surface area contributed by atoms with Gasteiger partial charge in [-0.3, -0.25) is 14.9 Å². The highest BCUT2D eigenvalue weighted by molar-refractivity contribution is 8.01. The van der Waals surface area contributed by atoms with E-state index in [0.29, 0.717) is 15.8 Å². The van der Waals surface area contributed by atoms with Crippen LogP contribution in [0.4, 0.5) is 5.69 Å². The van der Waals surface area contributed by atoms with E-state index in [1.807, 2.05) is 42.6 Å². The molecule has 1 N–H and O–H groups in total. The van der Waals surface area contributed by atoms with E-state index in [1.165, 1.54) is 30.4 Å². The summed E-state index contributed by atoms with van der Waals surface area (Å²) in [6, 6.07) is 13.4. The number of nitrogens with one attached hydrogen (secondary N) is 1. The Labute approximate surface area is 186 Å². The predicted octanol–water partition coefficient (Wildman–Crippen LogP) is 4.37.